The van der Waals surface area contributed by atoms with Crippen LogP contribution in [0.4, 0.5) is 0 Å². The van der Waals surface area contributed by atoms with E-state index in [2.05, 4.69) is 4.98 Å². The Morgan fingerprint density at radius 2 is 2.18 bits per heavy atom. The monoisotopic (exact) mass is 230 g/mol. The van der Waals surface area contributed by atoms with Crippen molar-refractivity contribution in [1.82, 2.24) is 4.98 Å². The summed E-state index contributed by atoms with van der Waals surface area (Å²) < 4.78 is 0. The van der Waals surface area contributed by atoms with Crippen LogP contribution in [0.1, 0.15) is 30.5 Å². The Hall–Kier alpha value is -1.48. The maximum atomic E-state index is 10.2. The van der Waals surface area contributed by atoms with E-state index in [1.807, 2.05) is 25.1 Å². The Labute approximate surface area is 101 Å². The Kier molecular flexibility index (Phi) is 2.20. The maximum absolute atomic E-state index is 10.2. The minimum atomic E-state index is 0.0511. The lowest BCUT2D eigenvalue weighted by Crippen LogP contribution is -2.22. The van der Waals surface area contributed by atoms with Crippen LogP contribution in [0.2, 0.25) is 0 Å². The number of aromatic hydroxyl groups is 1. The van der Waals surface area contributed by atoms with Gasteiger partial charge in [-0.2, -0.15) is 0 Å². The molecule has 0 radical (unpaired) electrons. The summed E-state index contributed by atoms with van der Waals surface area (Å²) >= 11 is 0. The van der Waals surface area contributed by atoms with E-state index in [0.29, 0.717) is 5.75 Å². The van der Waals surface area contributed by atoms with E-state index < -0.39 is 0 Å². The predicted molar refractivity (Wildman–Crippen MR) is 69.2 cm³/mol. The summed E-state index contributed by atoms with van der Waals surface area (Å²) in [6.45, 7) is 2.00. The summed E-state index contributed by atoms with van der Waals surface area (Å²) in [7, 11) is 0. The summed E-state index contributed by atoms with van der Waals surface area (Å²) in [5.41, 5.74) is 9.20. The average molecular weight is 230 g/mol. The van der Waals surface area contributed by atoms with Crippen LogP contribution in [0.25, 0.3) is 10.9 Å². The van der Waals surface area contributed by atoms with Crippen molar-refractivity contribution in [3.05, 3.63) is 29.5 Å². The molecule has 3 rings (SSSR count). The Morgan fingerprint density at radius 3 is 2.88 bits per heavy atom. The van der Waals surface area contributed by atoms with Gasteiger partial charge in [0, 0.05) is 22.1 Å². The molecule has 2 aromatic rings. The predicted octanol–water partition coefficient (Wildman–Crippen LogP) is 2.61. The molecular formula is C14H18N2O. The summed E-state index contributed by atoms with van der Waals surface area (Å²) in [6.07, 6.45) is 4.08. The molecule has 0 amide bonds. The number of phenols is 1. The van der Waals surface area contributed by atoms with Crippen molar-refractivity contribution < 1.29 is 5.11 Å². The number of H-pyrrole nitrogens is 1. The first-order valence-electron chi connectivity index (χ1n) is 6.16. The molecular weight excluding hydrogens is 212 g/mol. The van der Waals surface area contributed by atoms with E-state index >= 15 is 0 Å². The topological polar surface area (TPSA) is 62.0 Å². The zero-order chi connectivity index (χ0) is 12.0. The smallest absolute Gasteiger partial charge is 0.128 e. The molecule has 3 heteroatoms. The summed E-state index contributed by atoms with van der Waals surface area (Å²) in [6, 6.07) is 6.02. The van der Waals surface area contributed by atoms with Gasteiger partial charge in [-0.05, 0) is 50.3 Å². The van der Waals surface area contributed by atoms with Gasteiger partial charge in [-0.1, -0.05) is 6.07 Å². The molecule has 0 atom stereocenters. The largest absolute Gasteiger partial charge is 0.507 e. The van der Waals surface area contributed by atoms with E-state index in [0.717, 1.165) is 47.8 Å². The second-order valence-corrected chi connectivity index (χ2v) is 5.35. The van der Waals surface area contributed by atoms with E-state index in [4.69, 9.17) is 5.73 Å². The SMILES string of the molecule is Cc1cc2c(O)c(CCC3(N)CC3)ccc2[nH]1. The number of phenolic OH excluding ortho intramolecular Hbond substituents is 1. The van der Waals surface area contributed by atoms with Crippen LogP contribution in [0, 0.1) is 6.92 Å². The van der Waals surface area contributed by atoms with Crippen molar-refractivity contribution in [2.24, 2.45) is 5.73 Å². The van der Waals surface area contributed by atoms with Crippen LogP contribution in [-0.4, -0.2) is 15.6 Å². The molecule has 1 aromatic carbocycles. The van der Waals surface area contributed by atoms with Gasteiger partial charge in [0.15, 0.2) is 0 Å². The number of nitrogens with two attached hydrogens (primary N) is 1. The summed E-state index contributed by atoms with van der Waals surface area (Å²) in [5.74, 6) is 0.413. The third kappa shape index (κ3) is 1.91. The standard InChI is InChI=1S/C14H18N2O/c1-9-8-11-12(16-9)3-2-10(13(11)17)4-5-14(15)6-7-14/h2-3,8,16-17H,4-7,15H2,1H3. The molecule has 17 heavy (non-hydrogen) atoms. The third-order valence-electron chi connectivity index (χ3n) is 3.78. The minimum absolute atomic E-state index is 0.0511. The molecule has 0 bridgehead atoms. The first-order valence-corrected chi connectivity index (χ1v) is 6.16. The highest BCUT2D eigenvalue weighted by atomic mass is 16.3. The second-order valence-electron chi connectivity index (χ2n) is 5.35. The molecule has 1 aliphatic carbocycles. The van der Waals surface area contributed by atoms with Crippen LogP contribution in [0.3, 0.4) is 0 Å². The number of aromatic amines is 1. The molecule has 1 aromatic heterocycles. The van der Waals surface area contributed by atoms with Crippen LogP contribution < -0.4 is 5.73 Å². The first kappa shape index (κ1) is 10.7. The molecule has 4 N–H and O–H groups in total. The third-order valence-corrected chi connectivity index (χ3v) is 3.78. The van der Waals surface area contributed by atoms with Crippen molar-refractivity contribution in [2.45, 2.75) is 38.1 Å². The average Bonchev–Trinajstić information content (AvgIpc) is 2.88. The van der Waals surface area contributed by atoms with Gasteiger partial charge in [0.1, 0.15) is 5.75 Å². The molecule has 1 fully saturated rings. The molecule has 3 nitrogen and oxygen atoms in total. The fraction of sp³-hybridized carbons (Fsp3) is 0.429. The lowest BCUT2D eigenvalue weighted by molar-refractivity contribution is 0.471. The van der Waals surface area contributed by atoms with E-state index in [1.165, 1.54) is 0 Å². The van der Waals surface area contributed by atoms with Crippen molar-refractivity contribution in [2.75, 3.05) is 0 Å². The minimum Gasteiger partial charge on any atom is -0.507 e. The van der Waals surface area contributed by atoms with Gasteiger partial charge in [0.05, 0.1) is 0 Å². The lowest BCUT2D eigenvalue weighted by Gasteiger charge is -2.09. The highest BCUT2D eigenvalue weighted by molar-refractivity contribution is 5.87. The van der Waals surface area contributed by atoms with Crippen LogP contribution in [0.5, 0.6) is 5.75 Å². The van der Waals surface area contributed by atoms with Crippen molar-refractivity contribution >= 4 is 10.9 Å². The summed E-state index contributed by atoms with van der Waals surface area (Å²) in [5, 5.41) is 11.1. The highest BCUT2D eigenvalue weighted by Crippen LogP contribution is 2.38. The Bertz CT molecular complexity index is 567. The van der Waals surface area contributed by atoms with Crippen molar-refractivity contribution in [3.63, 3.8) is 0 Å². The van der Waals surface area contributed by atoms with E-state index in [9.17, 15) is 5.11 Å². The Balaban J connectivity index is 1.91. The zero-order valence-corrected chi connectivity index (χ0v) is 10.1. The van der Waals surface area contributed by atoms with Crippen LogP contribution >= 0.6 is 0 Å². The number of rotatable bonds is 3. The molecule has 0 aliphatic heterocycles. The zero-order valence-electron chi connectivity index (χ0n) is 10.1. The fourth-order valence-corrected chi connectivity index (χ4v) is 2.37. The van der Waals surface area contributed by atoms with Crippen molar-refractivity contribution in [1.29, 1.82) is 0 Å². The number of hydrogen-bond acceptors (Lipinski definition) is 2. The number of fused-ring (bicyclic) bond motifs is 1. The molecule has 0 spiro atoms. The maximum Gasteiger partial charge on any atom is 0.128 e. The molecule has 0 unspecified atom stereocenters. The van der Waals surface area contributed by atoms with Crippen LogP contribution in [-0.2, 0) is 6.42 Å². The number of nitrogens with one attached hydrogen (secondary N) is 1. The van der Waals surface area contributed by atoms with Gasteiger partial charge < -0.3 is 15.8 Å². The first-order chi connectivity index (χ1) is 8.07. The highest BCUT2D eigenvalue weighted by Gasteiger charge is 2.37. The van der Waals surface area contributed by atoms with Crippen LogP contribution in [0.15, 0.2) is 18.2 Å². The fourth-order valence-electron chi connectivity index (χ4n) is 2.37. The van der Waals surface area contributed by atoms with E-state index in [1.54, 1.807) is 0 Å². The quantitative estimate of drug-likeness (QED) is 0.759. The van der Waals surface area contributed by atoms with Gasteiger partial charge in [-0.25, -0.2) is 0 Å². The molecule has 90 valence electrons. The molecule has 1 saturated carbocycles. The van der Waals surface area contributed by atoms with Gasteiger partial charge >= 0.3 is 0 Å². The molecule has 1 heterocycles. The number of benzene rings is 1. The van der Waals surface area contributed by atoms with Gasteiger partial charge in [-0.15, -0.1) is 0 Å². The number of aromatic nitrogens is 1. The van der Waals surface area contributed by atoms with Crippen molar-refractivity contribution in [3.8, 4) is 5.75 Å². The second kappa shape index (κ2) is 3.50. The van der Waals surface area contributed by atoms with Gasteiger partial charge in [-0.3, -0.25) is 0 Å². The lowest BCUT2D eigenvalue weighted by atomic mass is 10.0. The Morgan fingerprint density at radius 1 is 1.41 bits per heavy atom. The molecule has 1 aliphatic rings. The van der Waals surface area contributed by atoms with E-state index in [-0.39, 0.29) is 5.54 Å². The van der Waals surface area contributed by atoms with Gasteiger partial charge in [0.2, 0.25) is 0 Å². The normalized spacial score (nSPS) is 17.5. The summed E-state index contributed by atoms with van der Waals surface area (Å²) in [4.78, 5) is 3.23. The number of aryl methyl sites for hydroxylation is 2. The van der Waals surface area contributed by atoms with Gasteiger partial charge in [0.25, 0.3) is 0 Å². The number of hydrogen-bond donors (Lipinski definition) is 3. The molecule has 0 saturated heterocycles.